The van der Waals surface area contributed by atoms with Crippen LogP contribution in [-0.2, 0) is 0 Å². The number of hydrogen-bond acceptors (Lipinski definition) is 4. The smallest absolute Gasteiger partial charge is 0.323 e. The minimum atomic E-state index is 0.123. The highest BCUT2D eigenvalue weighted by Crippen LogP contribution is 2.28. The monoisotopic (exact) mass is 259 g/mol. The van der Waals surface area contributed by atoms with Gasteiger partial charge in [0.15, 0.2) is 0 Å². The van der Waals surface area contributed by atoms with Crippen LogP contribution in [0.25, 0.3) is 0 Å². The standard InChI is InChI=1S/C13H10ClN3O/c1-8-3-4-12(11(14)5-8)18-13-16-9(2)6-10(7-15)17-13/h3-6H,1-2H3. The molecule has 0 fully saturated rings. The Bertz CT molecular complexity index is 635. The van der Waals surface area contributed by atoms with Gasteiger partial charge in [-0.25, -0.2) is 4.98 Å². The lowest BCUT2D eigenvalue weighted by atomic mass is 10.2. The van der Waals surface area contributed by atoms with E-state index in [1.165, 1.54) is 0 Å². The zero-order valence-corrected chi connectivity index (χ0v) is 10.7. The molecule has 0 saturated carbocycles. The van der Waals surface area contributed by atoms with Crippen LogP contribution in [0, 0.1) is 25.2 Å². The largest absolute Gasteiger partial charge is 0.423 e. The Kier molecular flexibility index (Phi) is 3.45. The van der Waals surface area contributed by atoms with Crippen LogP contribution in [0.5, 0.6) is 11.8 Å². The maximum absolute atomic E-state index is 8.82. The fourth-order valence-corrected chi connectivity index (χ4v) is 1.70. The van der Waals surface area contributed by atoms with Crippen LogP contribution in [0.15, 0.2) is 24.3 Å². The molecule has 2 rings (SSSR count). The first-order chi connectivity index (χ1) is 8.58. The van der Waals surface area contributed by atoms with Crippen molar-refractivity contribution in [3.8, 4) is 17.8 Å². The molecule has 0 aliphatic carbocycles. The van der Waals surface area contributed by atoms with E-state index in [2.05, 4.69) is 9.97 Å². The van der Waals surface area contributed by atoms with E-state index in [9.17, 15) is 0 Å². The minimum absolute atomic E-state index is 0.123. The maximum atomic E-state index is 8.82. The Hall–Kier alpha value is -2.12. The Morgan fingerprint density at radius 1 is 1.22 bits per heavy atom. The second-order valence-electron chi connectivity index (χ2n) is 3.82. The van der Waals surface area contributed by atoms with Crippen LogP contribution in [0.1, 0.15) is 17.0 Å². The molecule has 1 heterocycles. The number of halogens is 1. The van der Waals surface area contributed by atoms with Gasteiger partial charge in [0.25, 0.3) is 0 Å². The molecule has 0 unspecified atom stereocenters. The number of rotatable bonds is 2. The zero-order chi connectivity index (χ0) is 13.1. The molecule has 2 aromatic rings. The molecule has 0 aliphatic heterocycles. The molecule has 0 saturated heterocycles. The summed E-state index contributed by atoms with van der Waals surface area (Å²) in [7, 11) is 0. The lowest BCUT2D eigenvalue weighted by Gasteiger charge is -2.07. The summed E-state index contributed by atoms with van der Waals surface area (Å²) in [6, 6.07) is 9.08. The number of nitriles is 1. The third-order valence-corrected chi connectivity index (χ3v) is 2.53. The van der Waals surface area contributed by atoms with Crippen LogP contribution in [0.4, 0.5) is 0 Å². The summed E-state index contributed by atoms with van der Waals surface area (Å²) in [5.41, 5.74) is 1.97. The Morgan fingerprint density at radius 3 is 2.67 bits per heavy atom. The third-order valence-electron chi connectivity index (χ3n) is 2.24. The van der Waals surface area contributed by atoms with Gasteiger partial charge in [0.05, 0.1) is 5.02 Å². The summed E-state index contributed by atoms with van der Waals surface area (Å²) in [6.45, 7) is 3.71. The number of nitrogens with zero attached hydrogens (tertiary/aromatic N) is 3. The molecule has 90 valence electrons. The summed E-state index contributed by atoms with van der Waals surface area (Å²) in [5, 5.41) is 9.31. The molecule has 0 atom stereocenters. The van der Waals surface area contributed by atoms with Crippen molar-refractivity contribution in [3.05, 3.63) is 46.2 Å². The van der Waals surface area contributed by atoms with Crippen molar-refractivity contribution in [3.63, 3.8) is 0 Å². The van der Waals surface area contributed by atoms with Gasteiger partial charge in [0.2, 0.25) is 0 Å². The van der Waals surface area contributed by atoms with Gasteiger partial charge in [0, 0.05) is 5.69 Å². The second kappa shape index (κ2) is 5.03. The molecule has 0 N–H and O–H groups in total. The van der Waals surface area contributed by atoms with Crippen LogP contribution in [0.2, 0.25) is 5.02 Å². The number of benzene rings is 1. The fraction of sp³-hybridized carbons (Fsp3) is 0.154. The highest BCUT2D eigenvalue weighted by Gasteiger charge is 2.07. The van der Waals surface area contributed by atoms with E-state index in [-0.39, 0.29) is 11.7 Å². The zero-order valence-electron chi connectivity index (χ0n) is 9.94. The first kappa shape index (κ1) is 12.3. The molecular formula is C13H10ClN3O. The first-order valence-corrected chi connectivity index (χ1v) is 5.66. The molecule has 4 nitrogen and oxygen atoms in total. The van der Waals surface area contributed by atoms with Gasteiger partial charge in [0.1, 0.15) is 17.5 Å². The third kappa shape index (κ3) is 2.76. The van der Waals surface area contributed by atoms with E-state index < -0.39 is 0 Å². The SMILES string of the molecule is Cc1ccc(Oc2nc(C)cc(C#N)n2)c(Cl)c1. The van der Waals surface area contributed by atoms with Crippen LogP contribution < -0.4 is 4.74 Å². The van der Waals surface area contributed by atoms with Gasteiger partial charge in [-0.1, -0.05) is 17.7 Å². The van der Waals surface area contributed by atoms with Gasteiger partial charge < -0.3 is 4.74 Å². The van der Waals surface area contributed by atoms with Crippen molar-refractivity contribution in [2.24, 2.45) is 0 Å². The first-order valence-electron chi connectivity index (χ1n) is 5.28. The van der Waals surface area contributed by atoms with Crippen LogP contribution in [-0.4, -0.2) is 9.97 Å². The number of aromatic nitrogens is 2. The molecule has 0 amide bonds. The normalized spacial score (nSPS) is 9.89. The van der Waals surface area contributed by atoms with E-state index in [1.54, 1.807) is 25.1 Å². The van der Waals surface area contributed by atoms with E-state index in [4.69, 9.17) is 21.6 Å². The van der Waals surface area contributed by atoms with Crippen molar-refractivity contribution < 1.29 is 4.74 Å². The van der Waals surface area contributed by atoms with Gasteiger partial charge >= 0.3 is 6.01 Å². The van der Waals surface area contributed by atoms with Crippen LogP contribution in [0.3, 0.4) is 0 Å². The maximum Gasteiger partial charge on any atom is 0.323 e. The molecule has 0 bridgehead atoms. The average Bonchev–Trinajstić information content (AvgIpc) is 2.32. The highest BCUT2D eigenvalue weighted by molar-refractivity contribution is 6.32. The van der Waals surface area contributed by atoms with Gasteiger partial charge in [-0.15, -0.1) is 0 Å². The number of hydrogen-bond donors (Lipinski definition) is 0. The topological polar surface area (TPSA) is 58.8 Å². The molecular weight excluding hydrogens is 250 g/mol. The molecule has 0 spiro atoms. The number of ether oxygens (including phenoxy) is 1. The van der Waals surface area contributed by atoms with E-state index in [1.807, 2.05) is 19.1 Å². The van der Waals surface area contributed by atoms with Gasteiger partial charge in [-0.3, -0.25) is 0 Å². The van der Waals surface area contributed by atoms with Crippen LogP contribution >= 0.6 is 11.6 Å². The molecule has 1 aromatic carbocycles. The summed E-state index contributed by atoms with van der Waals surface area (Å²) >= 11 is 6.05. The molecule has 18 heavy (non-hydrogen) atoms. The Morgan fingerprint density at radius 2 is 2.00 bits per heavy atom. The van der Waals surface area contributed by atoms with E-state index in [0.29, 0.717) is 16.5 Å². The summed E-state index contributed by atoms with van der Waals surface area (Å²) in [6.07, 6.45) is 0. The van der Waals surface area contributed by atoms with Crippen molar-refractivity contribution in [2.75, 3.05) is 0 Å². The quantitative estimate of drug-likeness (QED) is 0.829. The van der Waals surface area contributed by atoms with Gasteiger partial charge in [-0.2, -0.15) is 10.2 Å². The van der Waals surface area contributed by atoms with Crippen molar-refractivity contribution >= 4 is 11.6 Å². The van der Waals surface area contributed by atoms with E-state index >= 15 is 0 Å². The Labute approximate surface area is 110 Å². The van der Waals surface area contributed by atoms with Crippen molar-refractivity contribution in [1.82, 2.24) is 9.97 Å². The predicted octanol–water partition coefficient (Wildman–Crippen LogP) is 3.41. The van der Waals surface area contributed by atoms with Crippen molar-refractivity contribution in [2.45, 2.75) is 13.8 Å². The highest BCUT2D eigenvalue weighted by atomic mass is 35.5. The average molecular weight is 260 g/mol. The molecule has 0 radical (unpaired) electrons. The summed E-state index contributed by atoms with van der Waals surface area (Å²) < 4.78 is 5.48. The molecule has 5 heteroatoms. The second-order valence-corrected chi connectivity index (χ2v) is 4.23. The molecule has 0 aliphatic rings. The Balaban J connectivity index is 2.34. The summed E-state index contributed by atoms with van der Waals surface area (Å²) in [5.74, 6) is 0.469. The minimum Gasteiger partial charge on any atom is -0.423 e. The fourth-order valence-electron chi connectivity index (χ4n) is 1.43. The van der Waals surface area contributed by atoms with E-state index in [0.717, 1.165) is 5.56 Å². The summed E-state index contributed by atoms with van der Waals surface area (Å²) in [4.78, 5) is 8.06. The predicted molar refractivity (Wildman–Crippen MR) is 67.7 cm³/mol. The van der Waals surface area contributed by atoms with Gasteiger partial charge in [-0.05, 0) is 37.6 Å². The lowest BCUT2D eigenvalue weighted by molar-refractivity contribution is 0.440. The lowest BCUT2D eigenvalue weighted by Crippen LogP contribution is -1.96. The number of aryl methyl sites for hydroxylation is 2. The molecule has 1 aromatic heterocycles. The van der Waals surface area contributed by atoms with Crippen molar-refractivity contribution in [1.29, 1.82) is 5.26 Å².